The number of thiophene rings is 1. The Morgan fingerprint density at radius 2 is 2.31 bits per heavy atom. The minimum Gasteiger partial charge on any atom is -0.407 e. The van der Waals surface area contributed by atoms with Crippen molar-refractivity contribution >= 4 is 29.0 Å². The van der Waals surface area contributed by atoms with Crippen LogP contribution in [0.4, 0.5) is 6.01 Å². The summed E-state index contributed by atoms with van der Waals surface area (Å²) in [5, 5.41) is 7.69. The molecular weight excluding hydrogens is 248 g/mol. The summed E-state index contributed by atoms with van der Waals surface area (Å²) in [5.74, 6) is 0.436. The molecule has 2 aromatic heterocycles. The molecule has 0 aromatic carbocycles. The Labute approximate surface area is 102 Å². The molecule has 0 saturated carbocycles. The fourth-order valence-electron chi connectivity index (χ4n) is 1.22. The summed E-state index contributed by atoms with van der Waals surface area (Å²) in [4.78, 5) is 2.99. The van der Waals surface area contributed by atoms with Gasteiger partial charge in [-0.2, -0.15) is 0 Å². The van der Waals surface area contributed by atoms with E-state index in [1.165, 1.54) is 11.3 Å². The van der Waals surface area contributed by atoms with Gasteiger partial charge in [-0.15, -0.1) is 16.4 Å². The lowest BCUT2D eigenvalue weighted by molar-refractivity contribution is 0.491. The average molecular weight is 259 g/mol. The monoisotopic (exact) mass is 258 g/mol. The number of anilines is 1. The molecule has 2 N–H and O–H groups in total. The molecular formula is C9H11ClN4OS. The fraction of sp³-hybridized carbons (Fsp3) is 0.333. The van der Waals surface area contributed by atoms with E-state index in [-0.39, 0.29) is 6.54 Å². The van der Waals surface area contributed by atoms with E-state index in [2.05, 4.69) is 10.2 Å². The van der Waals surface area contributed by atoms with Gasteiger partial charge in [0.05, 0.1) is 17.4 Å². The van der Waals surface area contributed by atoms with E-state index in [9.17, 15) is 0 Å². The standard InChI is InChI=1S/C9H11ClN4OS/c1-14(5-6-2-3-7(10)16-6)9-13-12-8(4-11)15-9/h2-3H,4-5,11H2,1H3. The second-order valence-electron chi connectivity index (χ2n) is 3.24. The molecule has 2 rings (SSSR count). The highest BCUT2D eigenvalue weighted by atomic mass is 35.5. The van der Waals surface area contributed by atoms with E-state index < -0.39 is 0 Å². The molecule has 7 heteroatoms. The van der Waals surface area contributed by atoms with Crippen molar-refractivity contribution < 1.29 is 4.42 Å². The minimum absolute atomic E-state index is 0.256. The predicted octanol–water partition coefficient (Wildman–Crippen LogP) is 1.88. The Morgan fingerprint density at radius 1 is 1.50 bits per heavy atom. The Balaban J connectivity index is 2.05. The Morgan fingerprint density at radius 3 is 2.88 bits per heavy atom. The maximum Gasteiger partial charge on any atom is 0.318 e. The predicted molar refractivity (Wildman–Crippen MR) is 63.6 cm³/mol. The van der Waals surface area contributed by atoms with Crippen molar-refractivity contribution in [1.29, 1.82) is 0 Å². The fourth-order valence-corrected chi connectivity index (χ4v) is 2.36. The Hall–Kier alpha value is -1.11. The van der Waals surface area contributed by atoms with Crippen molar-refractivity contribution in [3.05, 3.63) is 27.2 Å². The molecule has 0 amide bonds. The van der Waals surface area contributed by atoms with E-state index in [4.69, 9.17) is 21.8 Å². The molecule has 0 spiro atoms. The number of aromatic nitrogens is 2. The molecule has 0 aliphatic rings. The first-order chi connectivity index (χ1) is 7.69. The molecule has 0 fully saturated rings. The van der Waals surface area contributed by atoms with Gasteiger partial charge in [-0.3, -0.25) is 0 Å². The third kappa shape index (κ3) is 2.52. The van der Waals surface area contributed by atoms with Crippen LogP contribution < -0.4 is 10.6 Å². The summed E-state index contributed by atoms with van der Waals surface area (Å²) in [6.07, 6.45) is 0. The SMILES string of the molecule is CN(Cc1ccc(Cl)s1)c1nnc(CN)o1. The second-order valence-corrected chi connectivity index (χ2v) is 5.04. The van der Waals surface area contributed by atoms with E-state index in [1.54, 1.807) is 0 Å². The maximum absolute atomic E-state index is 5.85. The molecule has 16 heavy (non-hydrogen) atoms. The third-order valence-electron chi connectivity index (χ3n) is 1.98. The molecule has 0 radical (unpaired) electrons. The summed E-state index contributed by atoms with van der Waals surface area (Å²) in [6.45, 7) is 0.940. The molecule has 0 aliphatic heterocycles. The average Bonchev–Trinajstić information content (AvgIpc) is 2.87. The van der Waals surface area contributed by atoms with Gasteiger partial charge in [0.15, 0.2) is 0 Å². The summed E-state index contributed by atoms with van der Waals surface area (Å²) in [6, 6.07) is 4.31. The molecule has 0 saturated heterocycles. The van der Waals surface area contributed by atoms with Crippen molar-refractivity contribution in [2.24, 2.45) is 5.73 Å². The summed E-state index contributed by atoms with van der Waals surface area (Å²) >= 11 is 7.38. The van der Waals surface area contributed by atoms with Crippen LogP contribution in [-0.4, -0.2) is 17.2 Å². The van der Waals surface area contributed by atoms with Gasteiger partial charge in [0.2, 0.25) is 5.89 Å². The number of halogens is 1. The lowest BCUT2D eigenvalue weighted by Gasteiger charge is -2.11. The third-order valence-corrected chi connectivity index (χ3v) is 3.20. The molecule has 0 atom stereocenters. The number of rotatable bonds is 4. The van der Waals surface area contributed by atoms with Crippen LogP contribution in [0.1, 0.15) is 10.8 Å². The van der Waals surface area contributed by atoms with Crippen LogP contribution in [0.25, 0.3) is 0 Å². The van der Waals surface area contributed by atoms with E-state index >= 15 is 0 Å². The van der Waals surface area contributed by atoms with Gasteiger partial charge in [-0.05, 0) is 12.1 Å². The van der Waals surface area contributed by atoms with E-state index in [1.807, 2.05) is 24.1 Å². The smallest absolute Gasteiger partial charge is 0.318 e. The lowest BCUT2D eigenvalue weighted by Crippen LogP contribution is -2.15. The first-order valence-corrected chi connectivity index (χ1v) is 5.86. The maximum atomic E-state index is 5.85. The van der Waals surface area contributed by atoms with Gasteiger partial charge >= 0.3 is 6.01 Å². The summed E-state index contributed by atoms with van der Waals surface area (Å²) in [7, 11) is 1.88. The number of hydrogen-bond donors (Lipinski definition) is 1. The molecule has 0 aliphatic carbocycles. The van der Waals surface area contributed by atoms with Crippen LogP contribution in [0, 0.1) is 0 Å². The van der Waals surface area contributed by atoms with Gasteiger partial charge in [-0.25, -0.2) is 0 Å². The van der Waals surface area contributed by atoms with Gasteiger partial charge in [0, 0.05) is 11.9 Å². The van der Waals surface area contributed by atoms with Crippen molar-refractivity contribution in [3.8, 4) is 0 Å². The molecule has 2 aromatic rings. The topological polar surface area (TPSA) is 68.2 Å². The van der Waals surface area contributed by atoms with Crippen LogP contribution in [0.15, 0.2) is 16.5 Å². The van der Waals surface area contributed by atoms with Gasteiger partial charge < -0.3 is 15.1 Å². The quantitative estimate of drug-likeness (QED) is 0.907. The van der Waals surface area contributed by atoms with Crippen LogP contribution in [0.5, 0.6) is 0 Å². The van der Waals surface area contributed by atoms with Crippen LogP contribution >= 0.6 is 22.9 Å². The molecule has 2 heterocycles. The van der Waals surface area contributed by atoms with Crippen molar-refractivity contribution in [2.45, 2.75) is 13.1 Å². The van der Waals surface area contributed by atoms with E-state index in [0.29, 0.717) is 18.5 Å². The Kier molecular flexibility index (Phi) is 3.42. The lowest BCUT2D eigenvalue weighted by atomic mass is 10.4. The molecule has 5 nitrogen and oxygen atoms in total. The van der Waals surface area contributed by atoms with Gasteiger partial charge in [0.25, 0.3) is 0 Å². The second kappa shape index (κ2) is 4.82. The first-order valence-electron chi connectivity index (χ1n) is 4.67. The molecule has 0 unspecified atom stereocenters. The zero-order valence-corrected chi connectivity index (χ0v) is 10.3. The summed E-state index contributed by atoms with van der Waals surface area (Å²) < 4.78 is 6.10. The van der Waals surface area contributed by atoms with Crippen molar-refractivity contribution in [3.63, 3.8) is 0 Å². The van der Waals surface area contributed by atoms with Crippen molar-refractivity contribution in [2.75, 3.05) is 11.9 Å². The number of nitrogens with two attached hydrogens (primary N) is 1. The number of nitrogens with zero attached hydrogens (tertiary/aromatic N) is 3. The van der Waals surface area contributed by atoms with E-state index in [0.717, 1.165) is 9.21 Å². The zero-order valence-electron chi connectivity index (χ0n) is 8.68. The number of hydrogen-bond acceptors (Lipinski definition) is 6. The van der Waals surface area contributed by atoms with Crippen LogP contribution in [0.3, 0.4) is 0 Å². The highest BCUT2D eigenvalue weighted by Gasteiger charge is 2.11. The van der Waals surface area contributed by atoms with Crippen molar-refractivity contribution in [1.82, 2.24) is 10.2 Å². The van der Waals surface area contributed by atoms with Crippen LogP contribution in [-0.2, 0) is 13.1 Å². The highest BCUT2D eigenvalue weighted by molar-refractivity contribution is 7.16. The molecule has 0 bridgehead atoms. The normalized spacial score (nSPS) is 10.7. The summed E-state index contributed by atoms with van der Waals surface area (Å²) in [5.41, 5.74) is 5.39. The van der Waals surface area contributed by atoms with Gasteiger partial charge in [-0.1, -0.05) is 16.7 Å². The Bertz CT molecular complexity index is 470. The minimum atomic E-state index is 0.256. The zero-order chi connectivity index (χ0) is 11.5. The van der Waals surface area contributed by atoms with Crippen LogP contribution in [0.2, 0.25) is 4.34 Å². The molecule has 86 valence electrons. The van der Waals surface area contributed by atoms with Gasteiger partial charge in [0.1, 0.15) is 0 Å². The highest BCUT2D eigenvalue weighted by Crippen LogP contribution is 2.23. The largest absolute Gasteiger partial charge is 0.407 e. The first kappa shape index (κ1) is 11.4.